The van der Waals surface area contributed by atoms with Crippen molar-refractivity contribution in [2.75, 3.05) is 5.32 Å². The lowest BCUT2D eigenvalue weighted by Crippen LogP contribution is -2.19. The Morgan fingerprint density at radius 2 is 2.28 bits per heavy atom. The van der Waals surface area contributed by atoms with Gasteiger partial charge in [0.05, 0.1) is 6.26 Å². The minimum absolute atomic E-state index is 0.111. The van der Waals surface area contributed by atoms with E-state index in [0.29, 0.717) is 12.2 Å². The van der Waals surface area contributed by atoms with E-state index in [1.807, 2.05) is 26.0 Å². The van der Waals surface area contributed by atoms with Crippen molar-refractivity contribution in [3.8, 4) is 0 Å². The Morgan fingerprint density at radius 1 is 1.44 bits per heavy atom. The topological polar surface area (TPSA) is 58.3 Å². The SMILES string of the molecule is Cc1ccnc(NC(C)CC(O)c2ccco2)c1. The number of hydrogen-bond acceptors (Lipinski definition) is 4. The number of pyridine rings is 1. The molecule has 0 saturated carbocycles. The Kier molecular flexibility index (Phi) is 3.99. The molecule has 2 rings (SSSR count). The first kappa shape index (κ1) is 12.6. The predicted octanol–water partition coefficient (Wildman–Crippen LogP) is 2.91. The van der Waals surface area contributed by atoms with E-state index in [1.165, 1.54) is 0 Å². The van der Waals surface area contributed by atoms with E-state index in [-0.39, 0.29) is 6.04 Å². The highest BCUT2D eigenvalue weighted by Gasteiger charge is 2.14. The van der Waals surface area contributed by atoms with Gasteiger partial charge in [-0.05, 0) is 43.7 Å². The van der Waals surface area contributed by atoms with E-state index in [1.54, 1.807) is 24.6 Å². The van der Waals surface area contributed by atoms with Crippen LogP contribution in [0.2, 0.25) is 0 Å². The van der Waals surface area contributed by atoms with Crippen molar-refractivity contribution >= 4 is 5.82 Å². The molecule has 2 heterocycles. The first-order valence-corrected chi connectivity index (χ1v) is 6.06. The summed E-state index contributed by atoms with van der Waals surface area (Å²) < 4.78 is 5.17. The van der Waals surface area contributed by atoms with Gasteiger partial charge in [0.2, 0.25) is 0 Å². The van der Waals surface area contributed by atoms with Crippen LogP contribution in [0, 0.1) is 6.92 Å². The van der Waals surface area contributed by atoms with Gasteiger partial charge in [-0.25, -0.2) is 4.98 Å². The van der Waals surface area contributed by atoms with Crippen LogP contribution in [-0.4, -0.2) is 16.1 Å². The summed E-state index contributed by atoms with van der Waals surface area (Å²) in [7, 11) is 0. The molecule has 96 valence electrons. The molecule has 0 amide bonds. The third-order valence-electron chi connectivity index (χ3n) is 2.76. The van der Waals surface area contributed by atoms with Gasteiger partial charge in [0.15, 0.2) is 0 Å². The number of aliphatic hydroxyl groups excluding tert-OH is 1. The Hall–Kier alpha value is -1.81. The molecule has 0 aliphatic rings. The molecule has 18 heavy (non-hydrogen) atoms. The molecule has 0 fully saturated rings. The van der Waals surface area contributed by atoms with Crippen LogP contribution in [0.25, 0.3) is 0 Å². The van der Waals surface area contributed by atoms with E-state index in [2.05, 4.69) is 10.3 Å². The second-order valence-corrected chi connectivity index (χ2v) is 4.53. The van der Waals surface area contributed by atoms with Gasteiger partial charge in [0.25, 0.3) is 0 Å². The van der Waals surface area contributed by atoms with Crippen molar-refractivity contribution in [2.24, 2.45) is 0 Å². The van der Waals surface area contributed by atoms with Crippen LogP contribution in [0.4, 0.5) is 5.82 Å². The number of aromatic nitrogens is 1. The van der Waals surface area contributed by atoms with Gasteiger partial charge >= 0.3 is 0 Å². The Bertz CT molecular complexity index is 482. The Labute approximate surface area is 107 Å². The van der Waals surface area contributed by atoms with Crippen LogP contribution in [-0.2, 0) is 0 Å². The van der Waals surface area contributed by atoms with Crippen molar-refractivity contribution in [2.45, 2.75) is 32.4 Å². The number of rotatable bonds is 5. The molecule has 2 N–H and O–H groups in total. The van der Waals surface area contributed by atoms with Crippen molar-refractivity contribution in [3.63, 3.8) is 0 Å². The van der Waals surface area contributed by atoms with Gasteiger partial charge in [-0.15, -0.1) is 0 Å². The lowest BCUT2D eigenvalue weighted by molar-refractivity contribution is 0.136. The van der Waals surface area contributed by atoms with Crippen molar-refractivity contribution in [1.29, 1.82) is 0 Å². The molecular weight excluding hydrogens is 228 g/mol. The maximum absolute atomic E-state index is 9.96. The lowest BCUT2D eigenvalue weighted by atomic mass is 10.1. The fraction of sp³-hybridized carbons (Fsp3) is 0.357. The molecule has 2 aromatic rings. The van der Waals surface area contributed by atoms with Crippen molar-refractivity contribution in [3.05, 3.63) is 48.0 Å². The zero-order valence-electron chi connectivity index (χ0n) is 10.6. The normalized spacial score (nSPS) is 14.2. The smallest absolute Gasteiger partial charge is 0.132 e. The summed E-state index contributed by atoms with van der Waals surface area (Å²) in [6.45, 7) is 4.03. The summed E-state index contributed by atoms with van der Waals surface area (Å²) in [5.41, 5.74) is 1.16. The van der Waals surface area contributed by atoms with Gasteiger partial charge in [0, 0.05) is 18.7 Å². The van der Waals surface area contributed by atoms with E-state index < -0.39 is 6.10 Å². The summed E-state index contributed by atoms with van der Waals surface area (Å²) in [6, 6.07) is 7.60. The average molecular weight is 246 g/mol. The van der Waals surface area contributed by atoms with Crippen LogP contribution >= 0.6 is 0 Å². The highest BCUT2D eigenvalue weighted by atomic mass is 16.4. The molecule has 4 nitrogen and oxygen atoms in total. The minimum Gasteiger partial charge on any atom is -0.467 e. The zero-order chi connectivity index (χ0) is 13.0. The lowest BCUT2D eigenvalue weighted by Gasteiger charge is -2.17. The number of anilines is 1. The van der Waals surface area contributed by atoms with E-state index in [4.69, 9.17) is 4.42 Å². The average Bonchev–Trinajstić information content (AvgIpc) is 2.81. The van der Waals surface area contributed by atoms with E-state index in [0.717, 1.165) is 11.4 Å². The molecule has 0 aliphatic carbocycles. The Morgan fingerprint density at radius 3 is 2.94 bits per heavy atom. The molecule has 0 bridgehead atoms. The van der Waals surface area contributed by atoms with Crippen molar-refractivity contribution in [1.82, 2.24) is 4.98 Å². The third kappa shape index (κ3) is 3.34. The summed E-state index contributed by atoms with van der Waals surface area (Å²) in [6.07, 6.45) is 3.32. The molecule has 4 heteroatoms. The van der Waals surface area contributed by atoms with Crippen LogP contribution < -0.4 is 5.32 Å². The molecule has 0 radical (unpaired) electrons. The first-order valence-electron chi connectivity index (χ1n) is 6.06. The van der Waals surface area contributed by atoms with Crippen molar-refractivity contribution < 1.29 is 9.52 Å². The summed E-state index contributed by atoms with van der Waals surface area (Å²) >= 11 is 0. The quantitative estimate of drug-likeness (QED) is 0.851. The largest absolute Gasteiger partial charge is 0.467 e. The van der Waals surface area contributed by atoms with Crippen LogP contribution in [0.5, 0.6) is 0 Å². The fourth-order valence-electron chi connectivity index (χ4n) is 1.86. The zero-order valence-corrected chi connectivity index (χ0v) is 10.6. The number of hydrogen-bond donors (Lipinski definition) is 2. The molecule has 0 aromatic carbocycles. The molecular formula is C14H18N2O2. The van der Waals surface area contributed by atoms with E-state index >= 15 is 0 Å². The van der Waals surface area contributed by atoms with Gasteiger partial charge in [0.1, 0.15) is 17.7 Å². The molecule has 0 spiro atoms. The summed E-state index contributed by atoms with van der Waals surface area (Å²) in [5, 5.41) is 13.2. The van der Waals surface area contributed by atoms with Gasteiger partial charge in [-0.2, -0.15) is 0 Å². The first-order chi connectivity index (χ1) is 8.65. The second kappa shape index (κ2) is 5.69. The minimum atomic E-state index is -0.590. The Balaban J connectivity index is 1.91. The molecule has 0 aliphatic heterocycles. The van der Waals surface area contributed by atoms with Gasteiger partial charge in [-0.3, -0.25) is 0 Å². The predicted molar refractivity (Wildman–Crippen MR) is 70.3 cm³/mol. The van der Waals surface area contributed by atoms with Crippen LogP contribution in [0.15, 0.2) is 41.1 Å². The maximum Gasteiger partial charge on any atom is 0.132 e. The third-order valence-corrected chi connectivity index (χ3v) is 2.76. The number of nitrogens with one attached hydrogen (secondary N) is 1. The van der Waals surface area contributed by atoms with Gasteiger partial charge < -0.3 is 14.8 Å². The maximum atomic E-state index is 9.96. The van der Waals surface area contributed by atoms with Gasteiger partial charge in [-0.1, -0.05) is 0 Å². The highest BCUT2D eigenvalue weighted by Crippen LogP contribution is 2.20. The monoisotopic (exact) mass is 246 g/mol. The summed E-state index contributed by atoms with van der Waals surface area (Å²) in [5.74, 6) is 1.43. The molecule has 2 aromatic heterocycles. The highest BCUT2D eigenvalue weighted by molar-refractivity contribution is 5.37. The molecule has 2 unspecified atom stereocenters. The fourth-order valence-corrected chi connectivity index (χ4v) is 1.86. The summed E-state index contributed by atoms with van der Waals surface area (Å²) in [4.78, 5) is 4.23. The van der Waals surface area contributed by atoms with Crippen LogP contribution in [0.1, 0.15) is 30.8 Å². The second-order valence-electron chi connectivity index (χ2n) is 4.53. The number of aliphatic hydroxyl groups is 1. The number of aryl methyl sites for hydroxylation is 1. The number of furan rings is 1. The molecule has 2 atom stereocenters. The van der Waals surface area contributed by atoms with Crippen LogP contribution in [0.3, 0.4) is 0 Å². The number of nitrogens with zero attached hydrogens (tertiary/aromatic N) is 1. The standard InChI is InChI=1S/C14H18N2O2/c1-10-5-6-15-14(8-10)16-11(2)9-12(17)13-4-3-7-18-13/h3-8,11-12,17H,9H2,1-2H3,(H,15,16). The molecule has 0 saturated heterocycles. The van der Waals surface area contributed by atoms with E-state index in [9.17, 15) is 5.11 Å².